The lowest BCUT2D eigenvalue weighted by molar-refractivity contribution is 0.0270. The molecule has 1 fully saturated rings. The molecule has 0 radical (unpaired) electrons. The molecular formula is C11H21NO3. The van der Waals surface area contributed by atoms with Crippen molar-refractivity contribution in [2.45, 2.75) is 32.8 Å². The van der Waals surface area contributed by atoms with Gasteiger partial charge in [-0.25, -0.2) is 4.79 Å². The molecule has 4 nitrogen and oxygen atoms in total. The number of nitrogens with zero attached hydrogens (tertiary/aromatic N) is 1. The summed E-state index contributed by atoms with van der Waals surface area (Å²) in [6.45, 7) is 7.90. The number of carbonyl (C=O) groups excluding carboxylic acids is 1. The van der Waals surface area contributed by atoms with Crippen molar-refractivity contribution in [1.82, 2.24) is 4.90 Å². The van der Waals surface area contributed by atoms with Gasteiger partial charge in [0, 0.05) is 26.1 Å². The number of carbonyl (C=O) groups is 1. The fourth-order valence-corrected chi connectivity index (χ4v) is 1.53. The molecule has 1 aliphatic rings. The Morgan fingerprint density at radius 1 is 1.53 bits per heavy atom. The molecule has 0 aliphatic carbocycles. The molecule has 0 aromatic carbocycles. The van der Waals surface area contributed by atoms with Crippen LogP contribution >= 0.6 is 0 Å². The van der Waals surface area contributed by atoms with E-state index < -0.39 is 5.60 Å². The van der Waals surface area contributed by atoms with Crippen LogP contribution in [0.25, 0.3) is 0 Å². The Kier molecular flexibility index (Phi) is 3.97. The maximum Gasteiger partial charge on any atom is 0.410 e. The molecule has 0 spiro atoms. The lowest BCUT2D eigenvalue weighted by atomic mass is 10.1. The van der Waals surface area contributed by atoms with Crippen molar-refractivity contribution in [3.8, 4) is 0 Å². The lowest BCUT2D eigenvalue weighted by Crippen LogP contribution is -2.37. The van der Waals surface area contributed by atoms with Crippen LogP contribution < -0.4 is 0 Å². The molecule has 1 atom stereocenters. The van der Waals surface area contributed by atoms with Crippen molar-refractivity contribution < 1.29 is 14.3 Å². The molecule has 0 aromatic heterocycles. The topological polar surface area (TPSA) is 38.8 Å². The van der Waals surface area contributed by atoms with Crippen molar-refractivity contribution in [2.75, 3.05) is 26.8 Å². The maximum atomic E-state index is 11.6. The summed E-state index contributed by atoms with van der Waals surface area (Å²) in [7, 11) is 1.77. The molecule has 1 saturated heterocycles. The highest BCUT2D eigenvalue weighted by atomic mass is 16.6. The van der Waals surface area contributed by atoms with E-state index in [2.05, 4.69) is 0 Å². The number of hydrogen-bond donors (Lipinski definition) is 0. The summed E-state index contributed by atoms with van der Waals surface area (Å²) in [6, 6.07) is 0. The fourth-order valence-electron chi connectivity index (χ4n) is 1.53. The number of rotatable bonds is 2. The Hall–Kier alpha value is -0.770. The number of hydrogen-bond acceptors (Lipinski definition) is 3. The van der Waals surface area contributed by atoms with Gasteiger partial charge in [-0.3, -0.25) is 0 Å². The molecule has 1 heterocycles. The summed E-state index contributed by atoms with van der Waals surface area (Å²) in [5.74, 6) is 0.461. The van der Waals surface area contributed by atoms with Crippen molar-refractivity contribution in [3.05, 3.63) is 0 Å². The molecular weight excluding hydrogens is 194 g/mol. The standard InChI is InChI=1S/C11H21NO3/c1-11(2,3)15-10(13)12(4)7-9-5-6-14-8-9/h9H,5-8H2,1-4H3. The summed E-state index contributed by atoms with van der Waals surface area (Å²) < 4.78 is 10.5. The third-order valence-electron chi connectivity index (χ3n) is 2.26. The Balaban J connectivity index is 2.32. The van der Waals surface area contributed by atoms with Gasteiger partial charge in [-0.15, -0.1) is 0 Å². The van der Waals surface area contributed by atoms with E-state index in [1.54, 1.807) is 11.9 Å². The first-order chi connectivity index (χ1) is 6.88. The van der Waals surface area contributed by atoms with Crippen LogP contribution in [0.15, 0.2) is 0 Å². The minimum atomic E-state index is -0.419. The summed E-state index contributed by atoms with van der Waals surface area (Å²) in [5, 5.41) is 0. The van der Waals surface area contributed by atoms with Gasteiger partial charge < -0.3 is 14.4 Å². The van der Waals surface area contributed by atoms with Gasteiger partial charge >= 0.3 is 6.09 Å². The van der Waals surface area contributed by atoms with E-state index in [9.17, 15) is 4.79 Å². The second kappa shape index (κ2) is 4.84. The van der Waals surface area contributed by atoms with E-state index in [4.69, 9.17) is 9.47 Å². The summed E-state index contributed by atoms with van der Waals surface area (Å²) in [6.07, 6.45) is 0.780. The monoisotopic (exact) mass is 215 g/mol. The fraction of sp³-hybridized carbons (Fsp3) is 0.909. The van der Waals surface area contributed by atoms with Crippen LogP contribution in [0.5, 0.6) is 0 Å². The summed E-state index contributed by atoms with van der Waals surface area (Å²) >= 11 is 0. The van der Waals surface area contributed by atoms with Crippen LogP contribution in [0.2, 0.25) is 0 Å². The third kappa shape index (κ3) is 4.51. The SMILES string of the molecule is CN(CC1CCOC1)C(=O)OC(C)(C)C. The van der Waals surface area contributed by atoms with Gasteiger partial charge in [0.05, 0.1) is 6.61 Å². The normalized spacial score (nSPS) is 21.5. The number of amides is 1. The lowest BCUT2D eigenvalue weighted by Gasteiger charge is -2.25. The van der Waals surface area contributed by atoms with Crippen LogP contribution in [0.3, 0.4) is 0 Å². The van der Waals surface area contributed by atoms with E-state index in [0.29, 0.717) is 5.92 Å². The second-order valence-corrected chi connectivity index (χ2v) is 5.09. The molecule has 0 aromatic rings. The van der Waals surface area contributed by atoms with Gasteiger partial charge in [-0.05, 0) is 27.2 Å². The van der Waals surface area contributed by atoms with Gasteiger partial charge in [0.25, 0.3) is 0 Å². The zero-order valence-corrected chi connectivity index (χ0v) is 10.1. The average Bonchev–Trinajstić information content (AvgIpc) is 2.53. The van der Waals surface area contributed by atoms with Gasteiger partial charge in [0.1, 0.15) is 5.60 Å². The van der Waals surface area contributed by atoms with E-state index in [1.165, 1.54) is 0 Å². The molecule has 1 rings (SSSR count). The molecule has 15 heavy (non-hydrogen) atoms. The summed E-state index contributed by atoms with van der Waals surface area (Å²) in [5.41, 5.74) is -0.419. The third-order valence-corrected chi connectivity index (χ3v) is 2.26. The largest absolute Gasteiger partial charge is 0.444 e. The first-order valence-electron chi connectivity index (χ1n) is 5.40. The smallest absolute Gasteiger partial charge is 0.410 e. The molecule has 88 valence electrons. The molecule has 1 aliphatic heterocycles. The van der Waals surface area contributed by atoms with Crippen molar-refractivity contribution in [1.29, 1.82) is 0 Å². The summed E-state index contributed by atoms with van der Waals surface area (Å²) in [4.78, 5) is 13.2. The second-order valence-electron chi connectivity index (χ2n) is 5.09. The predicted octanol–water partition coefficient (Wildman–Crippen LogP) is 1.89. The van der Waals surface area contributed by atoms with Crippen LogP contribution in [0.1, 0.15) is 27.2 Å². The van der Waals surface area contributed by atoms with Gasteiger partial charge in [-0.2, -0.15) is 0 Å². The minimum absolute atomic E-state index is 0.255. The van der Waals surface area contributed by atoms with Crippen LogP contribution in [-0.4, -0.2) is 43.4 Å². The molecule has 1 unspecified atom stereocenters. The van der Waals surface area contributed by atoms with Crippen molar-refractivity contribution in [3.63, 3.8) is 0 Å². The Morgan fingerprint density at radius 2 is 2.20 bits per heavy atom. The van der Waals surface area contributed by atoms with Gasteiger partial charge in [0.2, 0.25) is 0 Å². The van der Waals surface area contributed by atoms with Crippen molar-refractivity contribution in [2.24, 2.45) is 5.92 Å². The molecule has 0 N–H and O–H groups in total. The molecule has 0 saturated carbocycles. The average molecular weight is 215 g/mol. The van der Waals surface area contributed by atoms with Crippen LogP contribution in [0, 0.1) is 5.92 Å². The Labute approximate surface area is 91.5 Å². The quantitative estimate of drug-likeness (QED) is 0.706. The Morgan fingerprint density at radius 3 is 2.67 bits per heavy atom. The molecule has 0 bridgehead atoms. The van der Waals surface area contributed by atoms with E-state index in [0.717, 1.165) is 26.2 Å². The number of ether oxygens (including phenoxy) is 2. The maximum absolute atomic E-state index is 11.6. The van der Waals surface area contributed by atoms with Gasteiger partial charge in [-0.1, -0.05) is 0 Å². The van der Waals surface area contributed by atoms with Gasteiger partial charge in [0.15, 0.2) is 0 Å². The van der Waals surface area contributed by atoms with E-state index in [-0.39, 0.29) is 6.09 Å². The highest BCUT2D eigenvalue weighted by Gasteiger charge is 2.23. The van der Waals surface area contributed by atoms with Crippen LogP contribution in [0.4, 0.5) is 4.79 Å². The van der Waals surface area contributed by atoms with Crippen molar-refractivity contribution >= 4 is 6.09 Å². The van der Waals surface area contributed by atoms with E-state index in [1.807, 2.05) is 20.8 Å². The zero-order chi connectivity index (χ0) is 11.5. The highest BCUT2D eigenvalue weighted by Crippen LogP contribution is 2.15. The molecule has 4 heteroatoms. The zero-order valence-electron chi connectivity index (χ0n) is 10.1. The minimum Gasteiger partial charge on any atom is -0.444 e. The van der Waals surface area contributed by atoms with Crippen LogP contribution in [-0.2, 0) is 9.47 Å². The van der Waals surface area contributed by atoms with E-state index >= 15 is 0 Å². The Bertz CT molecular complexity index is 216. The molecule has 1 amide bonds. The highest BCUT2D eigenvalue weighted by molar-refractivity contribution is 5.67. The predicted molar refractivity (Wildman–Crippen MR) is 57.8 cm³/mol. The first kappa shape index (κ1) is 12.3. The first-order valence-corrected chi connectivity index (χ1v) is 5.40.